The molecule has 0 radical (unpaired) electrons. The van der Waals surface area contributed by atoms with Crippen LogP contribution in [0.3, 0.4) is 0 Å². The number of aliphatic hydroxyl groups excluding tert-OH is 11. The highest BCUT2D eigenvalue weighted by Gasteiger charge is 2.60. The number of unbranched alkanes of at least 4 members (excludes halogenated alkanes) is 40. The highest BCUT2D eigenvalue weighted by Crippen LogP contribution is 2.39. The molecule has 3 saturated heterocycles. The molecule has 3 aliphatic rings. The van der Waals surface area contributed by atoms with Crippen LogP contribution in [0.2, 0.25) is 0 Å². The summed E-state index contributed by atoms with van der Waals surface area (Å²) >= 11 is 0. The molecule has 3 fully saturated rings. The van der Waals surface area contributed by atoms with Crippen molar-refractivity contribution in [2.75, 3.05) is 26.4 Å². The van der Waals surface area contributed by atoms with Crippen LogP contribution in [0.5, 0.6) is 0 Å². The van der Waals surface area contributed by atoms with Crippen molar-refractivity contribution in [3.8, 4) is 0 Å². The van der Waals surface area contributed by atoms with Gasteiger partial charge in [0.25, 0.3) is 5.79 Å². The van der Waals surface area contributed by atoms with E-state index in [-0.39, 0.29) is 18.9 Å². The Hall–Kier alpha value is -2.79. The summed E-state index contributed by atoms with van der Waals surface area (Å²) in [6, 6.07) is -2.53. The van der Waals surface area contributed by atoms with E-state index in [0.717, 1.165) is 71.1 Å². The molecular formula is C79H146N2O21. The molecule has 102 heavy (non-hydrogen) atoms. The molecular weight excluding hydrogens is 1310 g/mol. The molecule has 0 aromatic heterocycles. The zero-order chi connectivity index (χ0) is 74.6. The van der Waals surface area contributed by atoms with E-state index in [1.807, 2.05) is 0 Å². The number of aliphatic carboxylic acids is 1. The molecule has 0 bridgehead atoms. The van der Waals surface area contributed by atoms with Gasteiger partial charge in [-0.1, -0.05) is 282 Å². The van der Waals surface area contributed by atoms with Crippen LogP contribution in [0.15, 0.2) is 24.3 Å². The average Bonchev–Trinajstić information content (AvgIpc) is 0.755. The Morgan fingerprint density at radius 3 is 1.37 bits per heavy atom. The Morgan fingerprint density at radius 1 is 0.510 bits per heavy atom. The fourth-order valence-corrected chi connectivity index (χ4v) is 14.2. The fraction of sp³-hybridized carbons (Fsp3) is 0.911. The zero-order valence-corrected chi connectivity index (χ0v) is 63.2. The number of carbonyl (C=O) groups excluding carboxylic acids is 2. The summed E-state index contributed by atoms with van der Waals surface area (Å²) in [6.07, 6.45) is 34.5. The van der Waals surface area contributed by atoms with Gasteiger partial charge < -0.3 is 100 Å². The van der Waals surface area contributed by atoms with Gasteiger partial charge in [-0.2, -0.15) is 0 Å². The normalized spacial score (nSPS) is 26.7. The molecule has 0 aromatic carbocycles. The second kappa shape index (κ2) is 58.3. The number of carboxylic acids is 1. The number of nitrogens with one attached hydrogen (secondary N) is 2. The van der Waals surface area contributed by atoms with Crippen molar-refractivity contribution >= 4 is 17.8 Å². The summed E-state index contributed by atoms with van der Waals surface area (Å²) in [4.78, 5) is 38.7. The number of rotatable bonds is 64. The second-order valence-corrected chi connectivity index (χ2v) is 29.6. The molecule has 0 saturated carbocycles. The fourth-order valence-electron chi connectivity index (χ4n) is 14.2. The number of allylic oxidation sites excluding steroid dienone is 4. The minimum atomic E-state index is -3.08. The molecule has 14 N–H and O–H groups in total. The first-order valence-electron chi connectivity index (χ1n) is 40.7. The Labute approximate surface area is 613 Å². The number of hydrogen-bond donors (Lipinski definition) is 14. The first kappa shape index (κ1) is 93.4. The van der Waals surface area contributed by atoms with Crippen LogP contribution in [0.25, 0.3) is 0 Å². The summed E-state index contributed by atoms with van der Waals surface area (Å²) in [5, 5.41) is 137. The standard InChI is InChI=1S/C79H146N2O21/c1-4-6-8-10-12-14-16-18-20-22-24-25-26-27-28-29-30-31-32-33-35-37-39-41-43-45-47-49-51-53-66(89)81-60(61(86)52-50-48-46-44-42-40-38-36-34-23-21-19-17-15-13-11-9-7-5-2)58-97-76-71(93)70(92)73(65(57-84)99-76)100-77-72(94)75(69(91)64(56-83)98-77)102-79(78(95)96)54-62(87)67(80-59(3)85)74(101-79)68(90)63(88)55-82/h24-25,27-28,60-65,67-77,82-84,86-88,90-94H,4-23,26,29-58H2,1-3H3,(H,80,85)(H,81,89)(H,95,96)/b25-24-,28-27-. The zero-order valence-electron chi connectivity index (χ0n) is 63.2. The Balaban J connectivity index is 1.50. The van der Waals surface area contributed by atoms with Crippen molar-refractivity contribution < 1.29 is 104 Å². The summed E-state index contributed by atoms with van der Waals surface area (Å²) in [6.45, 7) is 2.25. The lowest BCUT2D eigenvalue weighted by molar-refractivity contribution is -0.386. The first-order chi connectivity index (χ1) is 49.4. The predicted molar refractivity (Wildman–Crippen MR) is 394 cm³/mol. The van der Waals surface area contributed by atoms with E-state index in [0.29, 0.717) is 19.3 Å². The van der Waals surface area contributed by atoms with Gasteiger partial charge in [0, 0.05) is 19.8 Å². The maximum absolute atomic E-state index is 13.6. The van der Waals surface area contributed by atoms with Crippen LogP contribution >= 0.6 is 0 Å². The molecule has 0 aromatic rings. The SMILES string of the molecule is CCCCCCCCCCC/C=C\C/C=C\CCCCCCCCCCCCCCCC(=O)NC(COC1OC(CO)C(OC2OC(CO)C(O)C(OC3(C(=O)O)CC(O)C(NC(C)=O)C(C(O)C(O)CO)O3)C2O)C(O)C1O)C(O)CCCCCCCCCCCCCCCCCCCCC. The molecule has 18 unspecified atom stereocenters. The molecule has 0 aliphatic carbocycles. The van der Waals surface area contributed by atoms with Crippen LogP contribution < -0.4 is 10.6 Å². The minimum absolute atomic E-state index is 0.224. The van der Waals surface area contributed by atoms with Gasteiger partial charge in [0.2, 0.25) is 11.8 Å². The van der Waals surface area contributed by atoms with Gasteiger partial charge in [0.15, 0.2) is 12.6 Å². The number of ether oxygens (including phenoxy) is 6. The monoisotopic (exact) mass is 1460 g/mol. The van der Waals surface area contributed by atoms with Gasteiger partial charge in [0.1, 0.15) is 67.1 Å². The molecule has 2 amide bonds. The lowest BCUT2D eigenvalue weighted by Crippen LogP contribution is -2.70. The third kappa shape index (κ3) is 38.3. The summed E-state index contributed by atoms with van der Waals surface area (Å²) < 4.78 is 35.0. The average molecular weight is 1460 g/mol. The Morgan fingerprint density at radius 2 is 0.941 bits per heavy atom. The van der Waals surface area contributed by atoms with E-state index in [1.165, 1.54) is 205 Å². The molecule has 23 heteroatoms. The highest BCUT2D eigenvalue weighted by molar-refractivity contribution is 5.77. The molecule has 23 nitrogen and oxygen atoms in total. The van der Waals surface area contributed by atoms with E-state index in [2.05, 4.69) is 48.8 Å². The third-order valence-electron chi connectivity index (χ3n) is 20.7. The summed E-state index contributed by atoms with van der Waals surface area (Å²) in [7, 11) is 0. The number of amides is 2. The van der Waals surface area contributed by atoms with Gasteiger partial charge in [-0.25, -0.2) is 4.79 Å². The van der Waals surface area contributed by atoms with Crippen LogP contribution in [0.1, 0.15) is 323 Å². The summed E-state index contributed by atoms with van der Waals surface area (Å²) in [5.41, 5.74) is 0. The van der Waals surface area contributed by atoms with Crippen LogP contribution in [0.4, 0.5) is 0 Å². The quantitative estimate of drug-likeness (QED) is 0.0199. The van der Waals surface area contributed by atoms with Crippen molar-refractivity contribution in [1.29, 1.82) is 0 Å². The molecule has 598 valence electrons. The van der Waals surface area contributed by atoms with E-state index in [4.69, 9.17) is 28.4 Å². The maximum atomic E-state index is 13.6. The van der Waals surface area contributed by atoms with Crippen LogP contribution in [-0.2, 0) is 42.8 Å². The highest BCUT2D eigenvalue weighted by atomic mass is 16.8. The molecule has 3 aliphatic heterocycles. The van der Waals surface area contributed by atoms with Gasteiger partial charge in [-0.3, -0.25) is 9.59 Å². The van der Waals surface area contributed by atoms with Gasteiger partial charge in [-0.15, -0.1) is 0 Å². The van der Waals surface area contributed by atoms with Gasteiger partial charge in [-0.05, 0) is 44.9 Å². The number of hydrogen-bond acceptors (Lipinski definition) is 20. The lowest BCUT2D eigenvalue weighted by atomic mass is 9.88. The second-order valence-electron chi connectivity index (χ2n) is 29.6. The van der Waals surface area contributed by atoms with E-state index >= 15 is 0 Å². The van der Waals surface area contributed by atoms with E-state index in [1.54, 1.807) is 0 Å². The molecule has 0 spiro atoms. The maximum Gasteiger partial charge on any atom is 0.364 e. The van der Waals surface area contributed by atoms with Crippen molar-refractivity contribution in [3.63, 3.8) is 0 Å². The van der Waals surface area contributed by atoms with E-state index in [9.17, 15) is 75.7 Å². The largest absolute Gasteiger partial charge is 0.477 e. The van der Waals surface area contributed by atoms with Crippen molar-refractivity contribution in [2.24, 2.45) is 0 Å². The molecule has 3 heterocycles. The van der Waals surface area contributed by atoms with Gasteiger partial charge in [0.05, 0.1) is 50.7 Å². The molecule has 18 atom stereocenters. The van der Waals surface area contributed by atoms with Crippen molar-refractivity contribution in [1.82, 2.24) is 10.6 Å². The van der Waals surface area contributed by atoms with Crippen LogP contribution in [-0.4, -0.2) is 215 Å². The Kier molecular flexibility index (Phi) is 53.4. The topological polar surface area (TPSA) is 373 Å². The number of aliphatic hydroxyl groups is 11. The number of carboxylic acid groups (broad SMARTS) is 1. The van der Waals surface area contributed by atoms with Crippen molar-refractivity contribution in [2.45, 2.75) is 432 Å². The first-order valence-corrected chi connectivity index (χ1v) is 40.7. The lowest BCUT2D eigenvalue weighted by Gasteiger charge is -2.50. The molecule has 3 rings (SSSR count). The number of carbonyl (C=O) groups is 3. The smallest absolute Gasteiger partial charge is 0.364 e. The van der Waals surface area contributed by atoms with Crippen molar-refractivity contribution in [3.05, 3.63) is 24.3 Å². The minimum Gasteiger partial charge on any atom is -0.477 e. The van der Waals surface area contributed by atoms with Gasteiger partial charge >= 0.3 is 5.97 Å². The van der Waals surface area contributed by atoms with E-state index < -0.39 is 148 Å². The third-order valence-corrected chi connectivity index (χ3v) is 20.7. The van der Waals surface area contributed by atoms with Crippen LogP contribution in [0, 0.1) is 0 Å². The summed E-state index contributed by atoms with van der Waals surface area (Å²) in [5.74, 6) is -6.10. The Bertz CT molecular complexity index is 2130. The predicted octanol–water partition coefficient (Wildman–Crippen LogP) is 10.7.